The summed E-state index contributed by atoms with van der Waals surface area (Å²) in [4.78, 5) is 31.2. The molecule has 0 N–H and O–H groups in total. The molecule has 4 nitrogen and oxygen atoms in total. The van der Waals surface area contributed by atoms with E-state index < -0.39 is 0 Å². The fourth-order valence-corrected chi connectivity index (χ4v) is 5.92. The van der Waals surface area contributed by atoms with Crippen LogP contribution in [0.2, 0.25) is 0 Å². The Hall–Kier alpha value is -1.36. The quantitative estimate of drug-likeness (QED) is 0.830. The molecule has 4 rings (SSSR count). The Morgan fingerprint density at radius 3 is 2.24 bits per heavy atom. The first-order valence-corrected chi connectivity index (χ1v) is 10.5. The van der Waals surface area contributed by atoms with E-state index in [0.29, 0.717) is 5.91 Å². The second kappa shape index (κ2) is 6.11. The Morgan fingerprint density at radius 1 is 1.08 bits per heavy atom. The number of carbonyl (C=O) groups excluding carboxylic acids is 2. The van der Waals surface area contributed by atoms with Gasteiger partial charge in [0.2, 0.25) is 11.8 Å². The zero-order valence-electron chi connectivity index (χ0n) is 15.3. The van der Waals surface area contributed by atoms with Crippen LogP contribution >= 0.6 is 11.3 Å². The van der Waals surface area contributed by atoms with Gasteiger partial charge in [-0.25, -0.2) is 0 Å². The molecule has 1 atom stereocenters. The lowest BCUT2D eigenvalue weighted by atomic mass is 9.89. The van der Waals surface area contributed by atoms with E-state index in [1.54, 1.807) is 11.3 Å². The molecule has 3 fully saturated rings. The van der Waals surface area contributed by atoms with Gasteiger partial charge in [-0.05, 0) is 49.0 Å². The van der Waals surface area contributed by atoms with Crippen LogP contribution in [0.25, 0.3) is 0 Å². The van der Waals surface area contributed by atoms with Crippen molar-refractivity contribution in [3.8, 4) is 0 Å². The molecule has 0 radical (unpaired) electrons. The van der Waals surface area contributed by atoms with Crippen LogP contribution in [0, 0.1) is 11.3 Å². The van der Waals surface area contributed by atoms with Gasteiger partial charge in [-0.3, -0.25) is 9.59 Å². The highest BCUT2D eigenvalue weighted by atomic mass is 32.1. The van der Waals surface area contributed by atoms with Gasteiger partial charge in [0, 0.05) is 37.0 Å². The van der Waals surface area contributed by atoms with Crippen LogP contribution in [0.4, 0.5) is 0 Å². The maximum atomic E-state index is 13.4. The first-order valence-electron chi connectivity index (χ1n) is 9.58. The molecule has 25 heavy (non-hydrogen) atoms. The lowest BCUT2D eigenvalue weighted by Gasteiger charge is -2.36. The monoisotopic (exact) mass is 360 g/mol. The Labute approximate surface area is 154 Å². The molecule has 0 bridgehead atoms. The molecular formula is C20H28N2O2S. The number of thiophene rings is 1. The highest BCUT2D eigenvalue weighted by Gasteiger charge is 2.68. The number of nitrogens with zero attached hydrogens (tertiary/aromatic N) is 2. The molecule has 2 amide bonds. The fraction of sp³-hybridized carbons (Fsp3) is 0.700. The molecule has 1 aromatic heterocycles. The van der Waals surface area contributed by atoms with Crippen molar-refractivity contribution >= 4 is 23.2 Å². The average Bonchev–Trinajstić information content (AvgIpc) is 3.13. The predicted octanol–water partition coefficient (Wildman–Crippen LogP) is 3.28. The second-order valence-electron chi connectivity index (χ2n) is 8.54. The SMILES string of the molecule is CC1(C)C[C@@]1(C(=O)N1CCC(C(=O)N2CCCC2)CC1)c1cccs1. The Kier molecular flexibility index (Phi) is 4.18. The molecular weight excluding hydrogens is 332 g/mol. The molecule has 0 spiro atoms. The van der Waals surface area contributed by atoms with Crippen molar-refractivity contribution in [2.24, 2.45) is 11.3 Å². The van der Waals surface area contributed by atoms with Gasteiger partial charge < -0.3 is 9.80 Å². The van der Waals surface area contributed by atoms with Crippen LogP contribution in [0.3, 0.4) is 0 Å². The van der Waals surface area contributed by atoms with E-state index in [1.165, 1.54) is 4.88 Å². The zero-order chi connectivity index (χ0) is 17.7. The summed E-state index contributed by atoms with van der Waals surface area (Å²) in [5, 5.41) is 2.07. The van der Waals surface area contributed by atoms with Crippen LogP contribution in [0.5, 0.6) is 0 Å². The molecule has 0 aromatic carbocycles. The topological polar surface area (TPSA) is 40.6 Å². The van der Waals surface area contributed by atoms with Crippen LogP contribution in [0.15, 0.2) is 17.5 Å². The van der Waals surface area contributed by atoms with Gasteiger partial charge in [-0.15, -0.1) is 11.3 Å². The lowest BCUT2D eigenvalue weighted by molar-refractivity contribution is -0.141. The summed E-state index contributed by atoms with van der Waals surface area (Å²) in [6.07, 6.45) is 4.86. The molecule has 0 unspecified atom stereocenters. The van der Waals surface area contributed by atoms with Gasteiger partial charge in [0.25, 0.3) is 0 Å². The summed E-state index contributed by atoms with van der Waals surface area (Å²) in [6.45, 7) is 7.71. The normalized spacial score (nSPS) is 29.0. The molecule has 3 heterocycles. The third-order valence-electron chi connectivity index (χ3n) is 6.59. The minimum atomic E-state index is -0.326. The minimum absolute atomic E-state index is 0.0388. The van der Waals surface area contributed by atoms with Crippen molar-refractivity contribution in [1.82, 2.24) is 9.80 Å². The largest absolute Gasteiger partial charge is 0.342 e. The number of carbonyl (C=O) groups is 2. The number of hydrogen-bond donors (Lipinski definition) is 0. The molecule has 3 aliphatic rings. The summed E-state index contributed by atoms with van der Waals surface area (Å²) < 4.78 is 0. The van der Waals surface area contributed by atoms with Gasteiger partial charge in [0.05, 0.1) is 5.41 Å². The number of piperidine rings is 1. The van der Waals surface area contributed by atoms with Crippen LogP contribution in [-0.2, 0) is 15.0 Å². The van der Waals surface area contributed by atoms with Crippen molar-refractivity contribution in [1.29, 1.82) is 0 Å². The first kappa shape index (κ1) is 17.1. The fourth-order valence-electron chi connectivity index (χ4n) is 4.83. The standard InChI is InChI=1S/C20H28N2O2S/c1-19(2)14-20(19,16-6-5-13-25-16)18(24)22-11-7-15(8-12-22)17(23)21-9-3-4-10-21/h5-6,13,15H,3-4,7-12,14H2,1-2H3/t20-/m0/s1. The number of likely N-dealkylation sites (tertiary alicyclic amines) is 2. The maximum Gasteiger partial charge on any atom is 0.234 e. The summed E-state index contributed by atoms with van der Waals surface area (Å²) in [5.41, 5.74) is -0.288. The average molecular weight is 361 g/mol. The van der Waals surface area contributed by atoms with E-state index in [4.69, 9.17) is 0 Å². The predicted molar refractivity (Wildman–Crippen MR) is 99.5 cm³/mol. The van der Waals surface area contributed by atoms with Crippen LogP contribution in [-0.4, -0.2) is 47.8 Å². The molecule has 136 valence electrons. The van der Waals surface area contributed by atoms with E-state index in [-0.39, 0.29) is 22.7 Å². The van der Waals surface area contributed by atoms with Gasteiger partial charge >= 0.3 is 0 Å². The summed E-state index contributed by atoms with van der Waals surface area (Å²) >= 11 is 1.70. The van der Waals surface area contributed by atoms with E-state index in [1.807, 2.05) is 15.9 Å². The van der Waals surface area contributed by atoms with Gasteiger partial charge in [0.15, 0.2) is 0 Å². The first-order chi connectivity index (χ1) is 12.0. The van der Waals surface area contributed by atoms with Gasteiger partial charge in [-0.2, -0.15) is 0 Å². The second-order valence-corrected chi connectivity index (χ2v) is 9.49. The van der Waals surface area contributed by atoms with Crippen molar-refractivity contribution < 1.29 is 9.59 Å². The van der Waals surface area contributed by atoms with Crippen LogP contribution < -0.4 is 0 Å². The van der Waals surface area contributed by atoms with Gasteiger partial charge in [-0.1, -0.05) is 19.9 Å². The molecule has 2 saturated heterocycles. The van der Waals surface area contributed by atoms with Crippen molar-refractivity contribution in [2.45, 2.75) is 51.4 Å². The zero-order valence-corrected chi connectivity index (χ0v) is 16.1. The Bertz CT molecular complexity index is 655. The number of hydrogen-bond acceptors (Lipinski definition) is 3. The lowest BCUT2D eigenvalue weighted by Crippen LogP contribution is -2.47. The summed E-state index contributed by atoms with van der Waals surface area (Å²) in [5.74, 6) is 0.725. The Balaban J connectivity index is 1.42. The minimum Gasteiger partial charge on any atom is -0.342 e. The van der Waals surface area contributed by atoms with Crippen molar-refractivity contribution in [3.05, 3.63) is 22.4 Å². The molecule has 1 aromatic rings. The van der Waals surface area contributed by atoms with E-state index >= 15 is 0 Å². The molecule has 2 aliphatic heterocycles. The number of amides is 2. The maximum absolute atomic E-state index is 13.4. The third kappa shape index (κ3) is 2.71. The molecule has 1 saturated carbocycles. The highest BCUT2D eigenvalue weighted by Crippen LogP contribution is 2.66. The van der Waals surface area contributed by atoms with Gasteiger partial charge in [0.1, 0.15) is 0 Å². The van der Waals surface area contributed by atoms with Crippen molar-refractivity contribution in [2.75, 3.05) is 26.2 Å². The van der Waals surface area contributed by atoms with E-state index in [0.717, 1.165) is 58.3 Å². The molecule has 5 heteroatoms. The number of rotatable bonds is 3. The smallest absolute Gasteiger partial charge is 0.234 e. The highest BCUT2D eigenvalue weighted by molar-refractivity contribution is 7.10. The summed E-state index contributed by atoms with van der Waals surface area (Å²) in [7, 11) is 0. The van der Waals surface area contributed by atoms with Crippen LogP contribution in [0.1, 0.15) is 50.8 Å². The third-order valence-corrected chi connectivity index (χ3v) is 7.63. The molecule has 1 aliphatic carbocycles. The van der Waals surface area contributed by atoms with E-state index in [2.05, 4.69) is 25.3 Å². The summed E-state index contributed by atoms with van der Waals surface area (Å²) in [6, 6.07) is 4.16. The van der Waals surface area contributed by atoms with E-state index in [9.17, 15) is 9.59 Å². The Morgan fingerprint density at radius 2 is 1.72 bits per heavy atom. The van der Waals surface area contributed by atoms with Crippen molar-refractivity contribution in [3.63, 3.8) is 0 Å².